The van der Waals surface area contributed by atoms with Crippen molar-refractivity contribution in [3.63, 3.8) is 0 Å². The molecule has 1 atom stereocenters. The van der Waals surface area contributed by atoms with Crippen LogP contribution < -0.4 is 10.6 Å². The zero-order valence-corrected chi connectivity index (χ0v) is 14.1. The van der Waals surface area contributed by atoms with Crippen LogP contribution in [0.25, 0.3) is 0 Å². The summed E-state index contributed by atoms with van der Waals surface area (Å²) in [5.74, 6) is 0.228. The van der Waals surface area contributed by atoms with Crippen LogP contribution in [0.2, 0.25) is 0 Å². The summed E-state index contributed by atoms with van der Waals surface area (Å²) < 4.78 is 0. The molecule has 2 aliphatic rings. The average Bonchev–Trinajstić information content (AvgIpc) is 2.41. The molecule has 0 aromatic rings. The van der Waals surface area contributed by atoms with Crippen molar-refractivity contribution in [2.24, 2.45) is 5.41 Å². The van der Waals surface area contributed by atoms with E-state index in [9.17, 15) is 4.79 Å². The fourth-order valence-corrected chi connectivity index (χ4v) is 2.97. The Morgan fingerprint density at radius 2 is 1.90 bits per heavy atom. The number of piperidine rings is 2. The van der Waals surface area contributed by atoms with Crippen molar-refractivity contribution < 1.29 is 4.79 Å². The number of carbonyl (C=O) groups excluding carboxylic acids is 1. The first-order valence-electron chi connectivity index (χ1n) is 7.42. The van der Waals surface area contributed by atoms with Crippen molar-refractivity contribution in [2.45, 2.75) is 39.0 Å². The van der Waals surface area contributed by atoms with Crippen LogP contribution in [0.15, 0.2) is 0 Å². The molecule has 0 aromatic heterocycles. The lowest BCUT2D eigenvalue weighted by molar-refractivity contribution is -0.131. The summed E-state index contributed by atoms with van der Waals surface area (Å²) in [6, 6.07) is 0. The molecule has 0 radical (unpaired) electrons. The highest BCUT2D eigenvalue weighted by Gasteiger charge is 2.34. The summed E-state index contributed by atoms with van der Waals surface area (Å²) in [6.07, 6.45) is 6.11. The predicted octanol–water partition coefficient (Wildman–Crippen LogP) is 1.82. The van der Waals surface area contributed by atoms with Crippen molar-refractivity contribution in [3.8, 4) is 0 Å². The molecule has 2 rings (SSSR count). The molecule has 2 heterocycles. The number of halogens is 2. The first-order chi connectivity index (χ1) is 8.71. The highest BCUT2D eigenvalue weighted by atomic mass is 35.5. The number of carbonyl (C=O) groups is 1. The lowest BCUT2D eigenvalue weighted by atomic mass is 9.82. The van der Waals surface area contributed by atoms with Gasteiger partial charge in [0.1, 0.15) is 0 Å². The number of rotatable bonds is 4. The zero-order valence-electron chi connectivity index (χ0n) is 12.5. The van der Waals surface area contributed by atoms with Crippen LogP contribution in [0, 0.1) is 5.41 Å². The van der Waals surface area contributed by atoms with Gasteiger partial charge in [0.2, 0.25) is 5.91 Å². The first kappa shape index (κ1) is 20.0. The highest BCUT2D eigenvalue weighted by Crippen LogP contribution is 2.25. The van der Waals surface area contributed by atoms with Gasteiger partial charge in [0.25, 0.3) is 0 Å². The standard InChI is InChI=1S/C14H27N3O.2ClH/c1-14(6-5-7-15-12-14)13(18)16-8-11-17-9-3-2-4-10-17;;/h15H,2-12H2,1H3,(H,16,18);2*1H. The van der Waals surface area contributed by atoms with Gasteiger partial charge in [-0.3, -0.25) is 4.79 Å². The topological polar surface area (TPSA) is 44.4 Å². The summed E-state index contributed by atoms with van der Waals surface area (Å²) in [5, 5.41) is 6.44. The van der Waals surface area contributed by atoms with E-state index >= 15 is 0 Å². The SMILES string of the molecule is CC1(C(=O)NCCN2CCCCC2)CCCNC1.Cl.Cl. The molecule has 120 valence electrons. The van der Waals surface area contributed by atoms with Crippen molar-refractivity contribution in [3.05, 3.63) is 0 Å². The van der Waals surface area contributed by atoms with Crippen LogP contribution in [0.3, 0.4) is 0 Å². The van der Waals surface area contributed by atoms with E-state index in [-0.39, 0.29) is 36.1 Å². The van der Waals surface area contributed by atoms with E-state index in [0.29, 0.717) is 0 Å². The maximum absolute atomic E-state index is 12.2. The van der Waals surface area contributed by atoms with Gasteiger partial charge in [0.15, 0.2) is 0 Å². The molecule has 20 heavy (non-hydrogen) atoms. The van der Waals surface area contributed by atoms with Crippen molar-refractivity contribution in [1.29, 1.82) is 0 Å². The van der Waals surface area contributed by atoms with E-state index in [1.165, 1.54) is 32.4 Å². The van der Waals surface area contributed by atoms with Crippen molar-refractivity contribution >= 4 is 30.7 Å². The normalized spacial score (nSPS) is 27.1. The average molecular weight is 326 g/mol. The Hall–Kier alpha value is -0.0300. The van der Waals surface area contributed by atoms with E-state index in [2.05, 4.69) is 22.5 Å². The fourth-order valence-electron chi connectivity index (χ4n) is 2.97. The third-order valence-electron chi connectivity index (χ3n) is 4.31. The number of nitrogens with zero attached hydrogens (tertiary/aromatic N) is 1. The van der Waals surface area contributed by atoms with Crippen LogP contribution >= 0.6 is 24.8 Å². The van der Waals surface area contributed by atoms with Crippen LogP contribution in [-0.2, 0) is 4.79 Å². The molecular weight excluding hydrogens is 297 g/mol. The summed E-state index contributed by atoms with van der Waals surface area (Å²) in [6.45, 7) is 8.17. The molecule has 2 fully saturated rings. The Morgan fingerprint density at radius 1 is 1.20 bits per heavy atom. The number of amides is 1. The number of nitrogens with one attached hydrogen (secondary N) is 2. The van der Waals surface area contributed by atoms with Crippen LogP contribution in [0.5, 0.6) is 0 Å². The lowest BCUT2D eigenvalue weighted by Crippen LogP contribution is -2.50. The number of hydrogen-bond donors (Lipinski definition) is 2. The maximum Gasteiger partial charge on any atom is 0.227 e. The molecule has 1 amide bonds. The van der Waals surface area contributed by atoms with E-state index in [1.54, 1.807) is 0 Å². The maximum atomic E-state index is 12.2. The minimum absolute atomic E-state index is 0. The number of likely N-dealkylation sites (tertiary alicyclic amines) is 1. The molecule has 1 unspecified atom stereocenters. The molecule has 0 bridgehead atoms. The first-order valence-corrected chi connectivity index (χ1v) is 7.42. The van der Waals surface area contributed by atoms with Gasteiger partial charge in [-0.05, 0) is 52.2 Å². The van der Waals surface area contributed by atoms with Gasteiger partial charge in [-0.2, -0.15) is 0 Å². The van der Waals surface area contributed by atoms with Crippen molar-refractivity contribution in [2.75, 3.05) is 39.3 Å². The highest BCUT2D eigenvalue weighted by molar-refractivity contribution is 5.85. The quantitative estimate of drug-likeness (QED) is 0.828. The predicted molar refractivity (Wildman–Crippen MR) is 88.0 cm³/mol. The molecule has 2 N–H and O–H groups in total. The van der Waals surface area contributed by atoms with Gasteiger partial charge >= 0.3 is 0 Å². The van der Waals surface area contributed by atoms with Gasteiger partial charge in [-0.25, -0.2) is 0 Å². The minimum Gasteiger partial charge on any atom is -0.354 e. The van der Waals surface area contributed by atoms with Gasteiger partial charge in [-0.1, -0.05) is 6.42 Å². The Balaban J connectivity index is 0.00000180. The monoisotopic (exact) mass is 325 g/mol. The van der Waals surface area contributed by atoms with Crippen LogP contribution in [0.4, 0.5) is 0 Å². The molecular formula is C14H29Cl2N3O. The second-order valence-corrected chi connectivity index (χ2v) is 6.00. The van der Waals surface area contributed by atoms with Gasteiger partial charge in [-0.15, -0.1) is 24.8 Å². The molecule has 0 aliphatic carbocycles. The lowest BCUT2D eigenvalue weighted by Gasteiger charge is -2.33. The summed E-state index contributed by atoms with van der Waals surface area (Å²) >= 11 is 0. The Kier molecular flexibility index (Phi) is 9.81. The molecule has 0 spiro atoms. The third-order valence-corrected chi connectivity index (χ3v) is 4.31. The number of hydrogen-bond acceptors (Lipinski definition) is 3. The minimum atomic E-state index is -0.194. The molecule has 6 heteroatoms. The van der Waals surface area contributed by atoms with E-state index < -0.39 is 0 Å². The smallest absolute Gasteiger partial charge is 0.227 e. The van der Waals surface area contributed by atoms with E-state index in [1.807, 2.05) is 0 Å². The molecule has 2 aliphatic heterocycles. The van der Waals surface area contributed by atoms with Gasteiger partial charge in [0.05, 0.1) is 5.41 Å². The van der Waals surface area contributed by atoms with E-state index in [4.69, 9.17) is 0 Å². The Bertz CT molecular complexity index is 278. The third kappa shape index (κ3) is 5.76. The summed E-state index contributed by atoms with van der Waals surface area (Å²) in [7, 11) is 0. The van der Waals surface area contributed by atoms with Crippen molar-refractivity contribution in [1.82, 2.24) is 15.5 Å². The van der Waals surface area contributed by atoms with Gasteiger partial charge in [0, 0.05) is 19.6 Å². The second kappa shape index (κ2) is 9.82. The van der Waals surface area contributed by atoms with Crippen LogP contribution in [0.1, 0.15) is 39.0 Å². The second-order valence-electron chi connectivity index (χ2n) is 6.00. The summed E-state index contributed by atoms with van der Waals surface area (Å²) in [4.78, 5) is 14.7. The summed E-state index contributed by atoms with van der Waals surface area (Å²) in [5.41, 5.74) is -0.194. The fraction of sp³-hybridized carbons (Fsp3) is 0.929. The molecule has 2 saturated heterocycles. The molecule has 4 nitrogen and oxygen atoms in total. The van der Waals surface area contributed by atoms with Crippen LogP contribution in [-0.4, -0.2) is 50.1 Å². The zero-order chi connectivity index (χ0) is 12.8. The van der Waals surface area contributed by atoms with Gasteiger partial charge < -0.3 is 15.5 Å². The Labute approximate surface area is 135 Å². The molecule has 0 aromatic carbocycles. The largest absolute Gasteiger partial charge is 0.354 e. The molecule has 0 saturated carbocycles. The Morgan fingerprint density at radius 3 is 2.50 bits per heavy atom. The van der Waals surface area contributed by atoms with E-state index in [0.717, 1.165) is 39.0 Å².